The van der Waals surface area contributed by atoms with Crippen LogP contribution in [0.1, 0.15) is 11.1 Å². The van der Waals surface area contributed by atoms with Crippen molar-refractivity contribution in [3.8, 4) is 5.75 Å². The Kier molecular flexibility index (Phi) is 5.08. The molecule has 0 atom stereocenters. The van der Waals surface area contributed by atoms with Crippen LogP contribution in [0, 0.1) is 10.5 Å². The Balaban J connectivity index is 1.99. The van der Waals surface area contributed by atoms with Crippen molar-refractivity contribution >= 4 is 52.2 Å². The van der Waals surface area contributed by atoms with Crippen LogP contribution in [-0.4, -0.2) is 25.0 Å². The van der Waals surface area contributed by atoms with Crippen LogP contribution in [0.3, 0.4) is 0 Å². The highest BCUT2D eigenvalue weighted by molar-refractivity contribution is 14.1. The number of rotatable bonds is 3. The summed E-state index contributed by atoms with van der Waals surface area (Å²) in [7, 11) is 1.57. The number of carbonyl (C=O) groups excluding carboxylic acids is 3. The van der Waals surface area contributed by atoms with Gasteiger partial charge in [-0.1, -0.05) is 23.8 Å². The Hall–Kier alpha value is -2.68. The number of hydrogen-bond acceptors (Lipinski definition) is 4. The summed E-state index contributed by atoms with van der Waals surface area (Å²) in [5.74, 6) is -0.675. The van der Waals surface area contributed by atoms with Gasteiger partial charge in [0.25, 0.3) is 11.8 Å². The zero-order valence-electron chi connectivity index (χ0n) is 14.1. The van der Waals surface area contributed by atoms with Gasteiger partial charge in [-0.25, -0.2) is 9.69 Å². The Morgan fingerprint density at radius 2 is 1.77 bits per heavy atom. The molecule has 7 heteroatoms. The van der Waals surface area contributed by atoms with Gasteiger partial charge < -0.3 is 4.74 Å². The van der Waals surface area contributed by atoms with Gasteiger partial charge in [0.2, 0.25) is 0 Å². The van der Waals surface area contributed by atoms with Gasteiger partial charge in [-0.05, 0) is 65.4 Å². The van der Waals surface area contributed by atoms with Crippen LogP contribution in [0.5, 0.6) is 5.75 Å². The van der Waals surface area contributed by atoms with Crippen molar-refractivity contribution in [1.29, 1.82) is 0 Å². The number of carbonyl (C=O) groups is 3. The van der Waals surface area contributed by atoms with Crippen LogP contribution in [-0.2, 0) is 9.59 Å². The quantitative estimate of drug-likeness (QED) is 0.432. The van der Waals surface area contributed by atoms with E-state index in [9.17, 15) is 14.4 Å². The topological polar surface area (TPSA) is 75.7 Å². The molecule has 2 aromatic rings. The minimum absolute atomic E-state index is 0.105. The van der Waals surface area contributed by atoms with Gasteiger partial charge >= 0.3 is 6.03 Å². The third-order valence-corrected chi connectivity index (χ3v) is 4.72. The lowest BCUT2D eigenvalue weighted by Gasteiger charge is -2.26. The van der Waals surface area contributed by atoms with Crippen molar-refractivity contribution in [1.82, 2.24) is 5.32 Å². The molecule has 3 rings (SSSR count). The molecule has 1 N–H and O–H groups in total. The van der Waals surface area contributed by atoms with E-state index in [1.165, 1.54) is 6.08 Å². The highest BCUT2D eigenvalue weighted by atomic mass is 127. The molecule has 0 spiro atoms. The van der Waals surface area contributed by atoms with Crippen LogP contribution in [0.2, 0.25) is 0 Å². The SMILES string of the molecule is COc1ccc(/C=C2\C(=O)NC(=O)N(c3ccc(C)cc3)C2=O)cc1I. The van der Waals surface area contributed by atoms with Gasteiger partial charge in [0.15, 0.2) is 0 Å². The Bertz CT molecular complexity index is 935. The minimum Gasteiger partial charge on any atom is -0.496 e. The molecule has 0 unspecified atom stereocenters. The number of amides is 4. The second-order valence-electron chi connectivity index (χ2n) is 5.69. The summed E-state index contributed by atoms with van der Waals surface area (Å²) in [6.07, 6.45) is 1.47. The van der Waals surface area contributed by atoms with Crippen molar-refractivity contribution in [2.45, 2.75) is 6.92 Å². The molecule has 2 aromatic carbocycles. The molecule has 1 fully saturated rings. The lowest BCUT2D eigenvalue weighted by molar-refractivity contribution is -0.122. The summed E-state index contributed by atoms with van der Waals surface area (Å²) in [6.45, 7) is 1.90. The maximum Gasteiger partial charge on any atom is 0.335 e. The highest BCUT2D eigenvalue weighted by Crippen LogP contribution is 2.25. The number of nitrogens with zero attached hydrogens (tertiary/aromatic N) is 1. The fourth-order valence-electron chi connectivity index (χ4n) is 2.52. The molecule has 6 nitrogen and oxygen atoms in total. The molecule has 26 heavy (non-hydrogen) atoms. The number of anilines is 1. The minimum atomic E-state index is -0.759. The predicted octanol–water partition coefficient (Wildman–Crippen LogP) is 3.27. The van der Waals surface area contributed by atoms with Crippen LogP contribution < -0.4 is 15.0 Å². The number of barbiturate groups is 1. The lowest BCUT2D eigenvalue weighted by atomic mass is 10.1. The van der Waals surface area contributed by atoms with Gasteiger partial charge in [-0.3, -0.25) is 14.9 Å². The maximum atomic E-state index is 12.8. The molecule has 0 saturated carbocycles. The van der Waals surface area contributed by atoms with E-state index in [0.29, 0.717) is 17.0 Å². The summed E-state index contributed by atoms with van der Waals surface area (Å²) in [5.41, 5.74) is 1.96. The van der Waals surface area contributed by atoms with Gasteiger partial charge in [0.1, 0.15) is 11.3 Å². The van der Waals surface area contributed by atoms with E-state index >= 15 is 0 Å². The van der Waals surface area contributed by atoms with Crippen LogP contribution in [0.15, 0.2) is 48.0 Å². The fraction of sp³-hybridized carbons (Fsp3) is 0.105. The molecule has 0 bridgehead atoms. The van der Waals surface area contributed by atoms with Gasteiger partial charge in [0, 0.05) is 0 Å². The molecule has 0 aromatic heterocycles. The van der Waals surface area contributed by atoms with Crippen molar-refractivity contribution in [2.75, 3.05) is 12.0 Å². The summed E-state index contributed by atoms with van der Waals surface area (Å²) < 4.78 is 6.05. The smallest absolute Gasteiger partial charge is 0.335 e. The van der Waals surface area contributed by atoms with E-state index < -0.39 is 17.8 Å². The molecule has 1 saturated heterocycles. The second kappa shape index (κ2) is 7.28. The number of urea groups is 1. The summed E-state index contributed by atoms with van der Waals surface area (Å²) >= 11 is 2.11. The van der Waals surface area contributed by atoms with Crippen molar-refractivity contribution in [2.24, 2.45) is 0 Å². The number of methoxy groups -OCH3 is 1. The molecule has 1 aliphatic rings. The monoisotopic (exact) mass is 462 g/mol. The largest absolute Gasteiger partial charge is 0.496 e. The van der Waals surface area contributed by atoms with E-state index in [1.54, 1.807) is 49.6 Å². The average Bonchev–Trinajstić information content (AvgIpc) is 2.60. The molecule has 1 heterocycles. The molecule has 0 radical (unpaired) electrons. The first-order valence-corrected chi connectivity index (χ1v) is 8.80. The number of aryl methyl sites for hydroxylation is 1. The molecule has 1 aliphatic heterocycles. The van der Waals surface area contributed by atoms with Crippen LogP contribution >= 0.6 is 22.6 Å². The first-order chi connectivity index (χ1) is 12.4. The third kappa shape index (κ3) is 3.48. The zero-order valence-corrected chi connectivity index (χ0v) is 16.2. The fourth-order valence-corrected chi connectivity index (χ4v) is 3.28. The first kappa shape index (κ1) is 18.1. The van der Waals surface area contributed by atoms with Crippen LogP contribution in [0.4, 0.5) is 10.5 Å². The van der Waals surface area contributed by atoms with E-state index in [0.717, 1.165) is 14.0 Å². The summed E-state index contributed by atoms with van der Waals surface area (Å²) in [5, 5.41) is 2.21. The third-order valence-electron chi connectivity index (χ3n) is 3.88. The van der Waals surface area contributed by atoms with E-state index in [-0.39, 0.29) is 5.57 Å². The number of hydrogen-bond donors (Lipinski definition) is 1. The van der Waals surface area contributed by atoms with E-state index in [1.807, 2.05) is 6.92 Å². The second-order valence-corrected chi connectivity index (χ2v) is 6.85. The average molecular weight is 462 g/mol. The van der Waals surface area contributed by atoms with Crippen LogP contribution in [0.25, 0.3) is 6.08 Å². The molecular weight excluding hydrogens is 447 g/mol. The number of nitrogens with one attached hydrogen (secondary N) is 1. The normalized spacial score (nSPS) is 16.0. The number of imide groups is 2. The molecule has 0 aliphatic carbocycles. The molecular formula is C19H15IN2O4. The van der Waals surface area contributed by atoms with Gasteiger partial charge in [-0.15, -0.1) is 0 Å². The lowest BCUT2D eigenvalue weighted by Crippen LogP contribution is -2.54. The van der Waals surface area contributed by atoms with Crippen molar-refractivity contribution in [3.05, 3.63) is 62.7 Å². The Morgan fingerprint density at radius 3 is 2.38 bits per heavy atom. The maximum absolute atomic E-state index is 12.8. The molecule has 132 valence electrons. The molecule has 4 amide bonds. The Morgan fingerprint density at radius 1 is 1.08 bits per heavy atom. The summed E-state index contributed by atoms with van der Waals surface area (Å²) in [4.78, 5) is 38.1. The van der Waals surface area contributed by atoms with Crippen molar-refractivity contribution in [3.63, 3.8) is 0 Å². The predicted molar refractivity (Wildman–Crippen MR) is 106 cm³/mol. The first-order valence-electron chi connectivity index (χ1n) is 7.72. The van der Waals surface area contributed by atoms with E-state index in [4.69, 9.17) is 4.74 Å². The summed E-state index contributed by atoms with van der Waals surface area (Å²) in [6, 6.07) is 11.4. The van der Waals surface area contributed by atoms with Gasteiger partial charge in [-0.2, -0.15) is 0 Å². The highest BCUT2D eigenvalue weighted by Gasteiger charge is 2.36. The zero-order chi connectivity index (χ0) is 18.8. The number of ether oxygens (including phenoxy) is 1. The standard InChI is InChI=1S/C19H15IN2O4/c1-11-3-6-13(7-4-11)22-18(24)14(17(23)21-19(22)25)9-12-5-8-16(26-2)15(20)10-12/h3-10H,1-2H3,(H,21,23,25)/b14-9+. The number of benzene rings is 2. The van der Waals surface area contributed by atoms with Gasteiger partial charge in [0.05, 0.1) is 16.4 Å². The Labute approximate surface area is 164 Å². The number of halogens is 1. The van der Waals surface area contributed by atoms with E-state index in [2.05, 4.69) is 27.9 Å². The van der Waals surface area contributed by atoms with Crippen molar-refractivity contribution < 1.29 is 19.1 Å².